The van der Waals surface area contributed by atoms with Crippen molar-refractivity contribution in [1.82, 2.24) is 5.32 Å². The second-order valence-corrected chi connectivity index (χ2v) is 6.67. The van der Waals surface area contributed by atoms with Crippen molar-refractivity contribution in [3.8, 4) is 0 Å². The number of benzene rings is 1. The number of methoxy groups -OCH3 is 1. The molecule has 1 fully saturated rings. The topological polar surface area (TPSA) is 21.3 Å². The first-order chi connectivity index (χ1) is 9.81. The Morgan fingerprint density at radius 2 is 1.90 bits per heavy atom. The highest BCUT2D eigenvalue weighted by atomic mass is 79.9. The maximum atomic E-state index is 5.12. The average molecular weight is 340 g/mol. The van der Waals surface area contributed by atoms with Crippen molar-refractivity contribution in [3.05, 3.63) is 34.3 Å². The minimum absolute atomic E-state index is 0.639. The van der Waals surface area contributed by atoms with E-state index in [1.807, 2.05) is 0 Å². The molecule has 112 valence electrons. The second kappa shape index (κ2) is 8.81. The lowest BCUT2D eigenvalue weighted by molar-refractivity contribution is 0.196. The zero-order valence-corrected chi connectivity index (χ0v) is 14.0. The van der Waals surface area contributed by atoms with Gasteiger partial charge in [-0.2, -0.15) is 0 Å². The van der Waals surface area contributed by atoms with Crippen LogP contribution in [0.2, 0.25) is 0 Å². The van der Waals surface area contributed by atoms with Crippen LogP contribution in [0.4, 0.5) is 0 Å². The Hall–Kier alpha value is -0.380. The van der Waals surface area contributed by atoms with Gasteiger partial charge in [0, 0.05) is 24.7 Å². The predicted octanol–water partition coefficient (Wildman–Crippen LogP) is 4.35. The molecule has 0 bridgehead atoms. The molecule has 1 aromatic rings. The Morgan fingerprint density at radius 3 is 2.55 bits per heavy atom. The minimum atomic E-state index is 0.639. The van der Waals surface area contributed by atoms with Crippen LogP contribution < -0.4 is 5.32 Å². The number of hydrogen-bond acceptors (Lipinski definition) is 2. The highest BCUT2D eigenvalue weighted by Gasteiger charge is 2.24. The smallest absolute Gasteiger partial charge is 0.0587 e. The quantitative estimate of drug-likeness (QED) is 0.745. The molecule has 1 N–H and O–H groups in total. The van der Waals surface area contributed by atoms with E-state index in [0.29, 0.717) is 5.92 Å². The second-order valence-electron chi connectivity index (χ2n) is 5.75. The van der Waals surface area contributed by atoms with Gasteiger partial charge in [-0.1, -0.05) is 47.3 Å². The molecule has 2 rings (SSSR count). The van der Waals surface area contributed by atoms with Gasteiger partial charge < -0.3 is 10.1 Å². The molecule has 1 aliphatic carbocycles. The molecule has 1 aliphatic rings. The maximum absolute atomic E-state index is 5.12. The Kier molecular flexibility index (Phi) is 7.05. The molecular weight excluding hydrogens is 314 g/mol. The van der Waals surface area contributed by atoms with Crippen molar-refractivity contribution in [2.75, 3.05) is 26.8 Å². The predicted molar refractivity (Wildman–Crippen MR) is 88.2 cm³/mol. The summed E-state index contributed by atoms with van der Waals surface area (Å²) in [6, 6.07) is 8.89. The van der Waals surface area contributed by atoms with Gasteiger partial charge in [-0.25, -0.2) is 0 Å². The van der Waals surface area contributed by atoms with Gasteiger partial charge in [-0.05, 0) is 42.4 Å². The molecule has 1 atom stereocenters. The molecule has 0 aromatic heterocycles. The molecule has 0 heterocycles. The first-order valence-corrected chi connectivity index (χ1v) is 8.55. The van der Waals surface area contributed by atoms with E-state index >= 15 is 0 Å². The summed E-state index contributed by atoms with van der Waals surface area (Å²) < 4.78 is 6.28. The summed E-state index contributed by atoms with van der Waals surface area (Å²) in [6.45, 7) is 2.80. The Balaban J connectivity index is 2.00. The largest absolute Gasteiger partial charge is 0.383 e. The molecule has 0 amide bonds. The van der Waals surface area contributed by atoms with Crippen LogP contribution in [0.5, 0.6) is 0 Å². The van der Waals surface area contributed by atoms with Gasteiger partial charge in [0.1, 0.15) is 0 Å². The summed E-state index contributed by atoms with van der Waals surface area (Å²) in [6.07, 6.45) is 6.98. The number of nitrogens with one attached hydrogen (secondary N) is 1. The first-order valence-electron chi connectivity index (χ1n) is 7.76. The van der Waals surface area contributed by atoms with Crippen LogP contribution in [0, 0.1) is 5.92 Å². The van der Waals surface area contributed by atoms with Crippen LogP contribution in [0.1, 0.15) is 43.6 Å². The van der Waals surface area contributed by atoms with Gasteiger partial charge in [0.2, 0.25) is 0 Å². The Labute approximate surface area is 131 Å². The van der Waals surface area contributed by atoms with Gasteiger partial charge in [-0.15, -0.1) is 0 Å². The Morgan fingerprint density at radius 1 is 1.20 bits per heavy atom. The summed E-state index contributed by atoms with van der Waals surface area (Å²) in [4.78, 5) is 0. The molecule has 20 heavy (non-hydrogen) atoms. The number of rotatable bonds is 7. The molecule has 3 heteroatoms. The Bertz CT molecular complexity index is 373. The van der Waals surface area contributed by atoms with Gasteiger partial charge in [-0.3, -0.25) is 0 Å². The molecule has 0 saturated heterocycles. The highest BCUT2D eigenvalue weighted by molar-refractivity contribution is 9.10. The lowest BCUT2D eigenvalue weighted by Gasteiger charge is -2.31. The third-order valence-electron chi connectivity index (χ3n) is 4.36. The standard InChI is InChI=1S/C17H26BrNO/c1-20-12-11-19-13-17(14-5-3-2-4-6-14)15-7-9-16(18)10-8-15/h7-10,14,17,19H,2-6,11-13H2,1H3. The van der Waals surface area contributed by atoms with Crippen molar-refractivity contribution in [2.24, 2.45) is 5.92 Å². The molecule has 0 aliphatic heterocycles. The zero-order valence-electron chi connectivity index (χ0n) is 12.4. The minimum Gasteiger partial charge on any atom is -0.383 e. The van der Waals surface area contributed by atoms with Crippen molar-refractivity contribution < 1.29 is 4.74 Å². The summed E-state index contributed by atoms with van der Waals surface area (Å²) in [7, 11) is 1.76. The zero-order chi connectivity index (χ0) is 14.2. The third kappa shape index (κ3) is 4.87. The SMILES string of the molecule is COCCNCC(c1ccc(Br)cc1)C1CCCCC1. The van der Waals surface area contributed by atoms with Crippen LogP contribution in [-0.2, 0) is 4.74 Å². The lowest BCUT2D eigenvalue weighted by Crippen LogP contribution is -2.30. The van der Waals surface area contributed by atoms with Gasteiger partial charge in [0.15, 0.2) is 0 Å². The van der Waals surface area contributed by atoms with Crippen LogP contribution >= 0.6 is 15.9 Å². The summed E-state index contributed by atoms with van der Waals surface area (Å²) >= 11 is 3.53. The number of halogens is 1. The highest BCUT2D eigenvalue weighted by Crippen LogP contribution is 2.36. The van der Waals surface area contributed by atoms with E-state index in [1.165, 1.54) is 37.7 Å². The summed E-state index contributed by atoms with van der Waals surface area (Å²) in [5.74, 6) is 1.47. The van der Waals surface area contributed by atoms with Crippen LogP contribution in [0.3, 0.4) is 0 Å². The van der Waals surface area contributed by atoms with Gasteiger partial charge in [0.25, 0.3) is 0 Å². The van der Waals surface area contributed by atoms with E-state index in [1.54, 1.807) is 7.11 Å². The molecular formula is C17H26BrNO. The first kappa shape index (κ1) is 16.0. The fraction of sp³-hybridized carbons (Fsp3) is 0.647. The molecule has 1 aromatic carbocycles. The van der Waals surface area contributed by atoms with Crippen LogP contribution in [-0.4, -0.2) is 26.8 Å². The molecule has 2 nitrogen and oxygen atoms in total. The van der Waals surface area contributed by atoms with E-state index in [4.69, 9.17) is 4.74 Å². The van der Waals surface area contributed by atoms with Crippen molar-refractivity contribution in [3.63, 3.8) is 0 Å². The van der Waals surface area contributed by atoms with Crippen LogP contribution in [0.25, 0.3) is 0 Å². The molecule has 1 saturated carbocycles. The number of hydrogen-bond donors (Lipinski definition) is 1. The molecule has 0 spiro atoms. The molecule has 1 unspecified atom stereocenters. The van der Waals surface area contributed by atoms with E-state index in [9.17, 15) is 0 Å². The monoisotopic (exact) mass is 339 g/mol. The maximum Gasteiger partial charge on any atom is 0.0587 e. The van der Waals surface area contributed by atoms with E-state index in [-0.39, 0.29) is 0 Å². The van der Waals surface area contributed by atoms with E-state index in [0.717, 1.165) is 30.1 Å². The van der Waals surface area contributed by atoms with Crippen molar-refractivity contribution in [1.29, 1.82) is 0 Å². The van der Waals surface area contributed by atoms with Gasteiger partial charge >= 0.3 is 0 Å². The fourth-order valence-electron chi connectivity index (χ4n) is 3.23. The average Bonchev–Trinajstić information content (AvgIpc) is 2.50. The number of ether oxygens (including phenoxy) is 1. The van der Waals surface area contributed by atoms with Crippen LogP contribution in [0.15, 0.2) is 28.7 Å². The molecule has 0 radical (unpaired) electrons. The van der Waals surface area contributed by atoms with E-state index < -0.39 is 0 Å². The summed E-state index contributed by atoms with van der Waals surface area (Å²) in [5.41, 5.74) is 1.48. The van der Waals surface area contributed by atoms with Gasteiger partial charge in [0.05, 0.1) is 6.61 Å². The normalized spacial score (nSPS) is 18.1. The summed E-state index contributed by atoms with van der Waals surface area (Å²) in [5, 5.41) is 3.56. The van der Waals surface area contributed by atoms with E-state index in [2.05, 4.69) is 45.5 Å². The fourth-order valence-corrected chi connectivity index (χ4v) is 3.50. The van der Waals surface area contributed by atoms with Crippen molar-refractivity contribution >= 4 is 15.9 Å². The lowest BCUT2D eigenvalue weighted by atomic mass is 9.77. The third-order valence-corrected chi connectivity index (χ3v) is 4.89. The van der Waals surface area contributed by atoms with Crippen molar-refractivity contribution in [2.45, 2.75) is 38.0 Å².